The molecule has 0 bridgehead atoms. The highest BCUT2D eigenvalue weighted by Crippen LogP contribution is 2.26. The minimum absolute atomic E-state index is 0.0377. The Kier molecular flexibility index (Phi) is 18.6. The van der Waals surface area contributed by atoms with Crippen LogP contribution in [0.4, 0.5) is 11.4 Å². The minimum Gasteiger partial charge on any atom is -0.372 e. The molecule has 4 aromatic carbocycles. The first-order valence-electron chi connectivity index (χ1n) is 22.3. The van der Waals surface area contributed by atoms with Gasteiger partial charge in [0.1, 0.15) is 0 Å². The van der Waals surface area contributed by atoms with Gasteiger partial charge in [0.05, 0.1) is 0 Å². The number of nitrogens with zero attached hydrogens (tertiary/aromatic N) is 2. The van der Waals surface area contributed by atoms with Crippen LogP contribution in [0.5, 0.6) is 0 Å². The quantitative estimate of drug-likeness (QED) is 0.0397. The molecule has 0 amide bonds. The Balaban J connectivity index is 1.28. The summed E-state index contributed by atoms with van der Waals surface area (Å²) in [5.74, 6) is 13.4. The summed E-state index contributed by atoms with van der Waals surface area (Å²) in [5, 5.41) is 1.43. The van der Waals surface area contributed by atoms with Gasteiger partial charge in [-0.15, -0.1) is 11.3 Å². The van der Waals surface area contributed by atoms with Crippen molar-refractivity contribution in [3.63, 3.8) is 0 Å². The molecule has 0 fully saturated rings. The Morgan fingerprint density at radius 3 is 1.05 bits per heavy atom. The second-order valence-corrected chi connectivity index (χ2v) is 16.7. The maximum absolute atomic E-state index is 13.9. The molecule has 0 aliphatic rings. The SMILES string of the molecule is CCCCCCN(CCCCCC)c1ccc(C#Cc2ccc3sc4ccc(C#Cc5ccc(N(CCCCCC)CCCCCC)cc5)cc4c(=O)c3c2)cc1. The van der Waals surface area contributed by atoms with Crippen molar-refractivity contribution in [3.8, 4) is 23.7 Å². The smallest absolute Gasteiger partial charge is 0.195 e. The molecule has 5 aromatic rings. The molecule has 1 heterocycles. The van der Waals surface area contributed by atoms with Crippen LogP contribution in [0.2, 0.25) is 0 Å². The van der Waals surface area contributed by atoms with Crippen molar-refractivity contribution in [2.45, 2.75) is 130 Å². The standard InChI is InChI=1S/C53H66N2OS/c1-5-9-13-17-37-54(38-18-14-10-6-2)47-31-25-43(26-32-47)21-23-45-29-35-51-49(41-45)53(56)50-42-46(30-36-52(50)57-51)24-22-44-27-33-48(34-28-44)55(39-19-15-11-7-3)40-20-16-12-8-4/h25-36,41-42H,5-20,37-40H2,1-4H3. The summed E-state index contributed by atoms with van der Waals surface area (Å²) in [4.78, 5) is 19.0. The number of hydrogen-bond donors (Lipinski definition) is 0. The average molecular weight is 779 g/mol. The molecule has 1 aromatic heterocycles. The van der Waals surface area contributed by atoms with E-state index in [-0.39, 0.29) is 5.43 Å². The van der Waals surface area contributed by atoms with E-state index in [0.29, 0.717) is 10.8 Å². The van der Waals surface area contributed by atoms with Crippen molar-refractivity contribution in [1.82, 2.24) is 0 Å². The monoisotopic (exact) mass is 778 g/mol. The van der Waals surface area contributed by atoms with Gasteiger partial charge in [0.25, 0.3) is 0 Å². The molecular weight excluding hydrogens is 713 g/mol. The Hall–Kier alpha value is -4.51. The van der Waals surface area contributed by atoms with E-state index in [1.54, 1.807) is 11.3 Å². The van der Waals surface area contributed by atoms with Crippen molar-refractivity contribution in [1.29, 1.82) is 0 Å². The van der Waals surface area contributed by atoms with Crippen molar-refractivity contribution in [2.24, 2.45) is 0 Å². The summed E-state index contributed by atoms with van der Waals surface area (Å²) < 4.78 is 1.95. The first-order chi connectivity index (χ1) is 28.0. The average Bonchev–Trinajstić information content (AvgIpc) is 3.24. The van der Waals surface area contributed by atoms with Gasteiger partial charge in [-0.1, -0.05) is 128 Å². The number of benzene rings is 4. The largest absolute Gasteiger partial charge is 0.372 e. The molecule has 0 radical (unpaired) electrons. The van der Waals surface area contributed by atoms with Crippen LogP contribution in [-0.4, -0.2) is 26.2 Å². The zero-order chi connectivity index (χ0) is 40.1. The molecule has 0 unspecified atom stereocenters. The van der Waals surface area contributed by atoms with E-state index >= 15 is 0 Å². The third-order valence-electron chi connectivity index (χ3n) is 11.0. The van der Waals surface area contributed by atoms with Crippen LogP contribution in [0.25, 0.3) is 20.2 Å². The van der Waals surface area contributed by atoms with Gasteiger partial charge in [0.2, 0.25) is 0 Å². The lowest BCUT2D eigenvalue weighted by Crippen LogP contribution is -2.25. The fourth-order valence-corrected chi connectivity index (χ4v) is 8.50. The molecular formula is C53H66N2OS. The van der Waals surface area contributed by atoms with Gasteiger partial charge < -0.3 is 9.80 Å². The van der Waals surface area contributed by atoms with Gasteiger partial charge in [0.15, 0.2) is 5.43 Å². The molecule has 4 heteroatoms. The first kappa shape index (κ1) is 43.6. The van der Waals surface area contributed by atoms with E-state index < -0.39 is 0 Å². The zero-order valence-electron chi connectivity index (χ0n) is 35.4. The lowest BCUT2D eigenvalue weighted by atomic mass is 10.1. The Morgan fingerprint density at radius 1 is 0.404 bits per heavy atom. The fourth-order valence-electron chi connectivity index (χ4n) is 7.47. The maximum Gasteiger partial charge on any atom is 0.195 e. The number of fused-ring (bicyclic) bond motifs is 2. The van der Waals surface area contributed by atoms with E-state index in [0.717, 1.165) is 57.8 Å². The summed E-state index contributed by atoms with van der Waals surface area (Å²) in [6.07, 6.45) is 20.4. The summed E-state index contributed by atoms with van der Waals surface area (Å²) in [7, 11) is 0. The van der Waals surface area contributed by atoms with Gasteiger partial charge in [0, 0.05) is 80.0 Å². The van der Waals surface area contributed by atoms with E-state index in [2.05, 4.69) is 110 Å². The molecule has 0 N–H and O–H groups in total. The van der Waals surface area contributed by atoms with E-state index in [1.165, 1.54) is 114 Å². The topological polar surface area (TPSA) is 23.6 Å². The molecule has 0 saturated heterocycles. The highest BCUT2D eigenvalue weighted by Gasteiger charge is 2.10. The third kappa shape index (κ3) is 13.8. The molecule has 0 aliphatic carbocycles. The predicted octanol–water partition coefficient (Wildman–Crippen LogP) is 14.1. The Morgan fingerprint density at radius 2 is 0.719 bits per heavy atom. The van der Waals surface area contributed by atoms with Gasteiger partial charge >= 0.3 is 0 Å². The molecule has 0 atom stereocenters. The molecule has 57 heavy (non-hydrogen) atoms. The van der Waals surface area contributed by atoms with Crippen molar-refractivity contribution >= 4 is 42.9 Å². The number of unbranched alkanes of at least 4 members (excludes halogenated alkanes) is 12. The summed E-state index contributed by atoms with van der Waals surface area (Å²) in [5.41, 5.74) is 6.28. The highest BCUT2D eigenvalue weighted by molar-refractivity contribution is 7.24. The summed E-state index contributed by atoms with van der Waals surface area (Å²) in [6.45, 7) is 13.5. The van der Waals surface area contributed by atoms with Crippen LogP contribution in [-0.2, 0) is 0 Å². The van der Waals surface area contributed by atoms with Crippen LogP contribution < -0.4 is 15.2 Å². The van der Waals surface area contributed by atoms with Gasteiger partial charge in [-0.3, -0.25) is 4.79 Å². The van der Waals surface area contributed by atoms with Gasteiger partial charge in [-0.05, 0) is 111 Å². The van der Waals surface area contributed by atoms with Crippen LogP contribution in [0.1, 0.15) is 153 Å². The normalized spacial score (nSPS) is 10.9. The first-order valence-corrected chi connectivity index (χ1v) is 23.1. The van der Waals surface area contributed by atoms with E-state index in [9.17, 15) is 4.79 Å². The van der Waals surface area contributed by atoms with Crippen LogP contribution in [0.15, 0.2) is 89.7 Å². The van der Waals surface area contributed by atoms with E-state index in [4.69, 9.17) is 0 Å². The van der Waals surface area contributed by atoms with Gasteiger partial charge in [-0.2, -0.15) is 0 Å². The molecule has 3 nitrogen and oxygen atoms in total. The number of rotatable bonds is 22. The fraction of sp³-hybridized carbons (Fsp3) is 0.453. The second kappa shape index (κ2) is 24.3. The number of hydrogen-bond acceptors (Lipinski definition) is 4. The Bertz CT molecular complexity index is 1970. The summed E-state index contributed by atoms with van der Waals surface area (Å²) in [6, 6.07) is 29.5. The Labute approximate surface area is 348 Å². The molecule has 0 spiro atoms. The van der Waals surface area contributed by atoms with Crippen LogP contribution in [0.3, 0.4) is 0 Å². The minimum atomic E-state index is 0.0377. The van der Waals surface area contributed by atoms with Crippen molar-refractivity contribution in [2.75, 3.05) is 36.0 Å². The van der Waals surface area contributed by atoms with Crippen molar-refractivity contribution < 1.29 is 0 Å². The second-order valence-electron chi connectivity index (χ2n) is 15.7. The third-order valence-corrected chi connectivity index (χ3v) is 12.1. The van der Waals surface area contributed by atoms with E-state index in [1.807, 2.05) is 36.4 Å². The lowest BCUT2D eigenvalue weighted by molar-refractivity contribution is 0.609. The molecule has 0 saturated carbocycles. The maximum atomic E-state index is 13.9. The zero-order valence-corrected chi connectivity index (χ0v) is 36.3. The van der Waals surface area contributed by atoms with Crippen LogP contribution in [0, 0.1) is 23.7 Å². The van der Waals surface area contributed by atoms with Crippen LogP contribution >= 0.6 is 11.3 Å². The summed E-state index contributed by atoms with van der Waals surface area (Å²) >= 11 is 1.65. The van der Waals surface area contributed by atoms with Crippen molar-refractivity contribution in [3.05, 3.63) is 117 Å². The number of anilines is 2. The predicted molar refractivity (Wildman–Crippen MR) is 251 cm³/mol. The highest BCUT2D eigenvalue weighted by atomic mass is 32.1. The lowest BCUT2D eigenvalue weighted by Gasteiger charge is -2.25. The molecule has 300 valence electrons. The molecule has 5 rings (SSSR count). The molecule has 0 aliphatic heterocycles. The van der Waals surface area contributed by atoms with Gasteiger partial charge in [-0.25, -0.2) is 0 Å².